The third-order valence-electron chi connectivity index (χ3n) is 2.16. The highest BCUT2D eigenvalue weighted by Gasteiger charge is 2.21. The predicted octanol–water partition coefficient (Wildman–Crippen LogP) is 1.29. The van der Waals surface area contributed by atoms with Crippen molar-refractivity contribution in [1.29, 1.82) is 0 Å². The molecule has 2 nitrogen and oxygen atoms in total. The standard InChI is InChI=1S/C10H12O2/c1-7-2-3-10-8(4-7)5-9(6-11)12-10/h2-4,9,11H,5-6H2,1H3. The maximum Gasteiger partial charge on any atom is 0.126 e. The zero-order valence-electron chi connectivity index (χ0n) is 7.08. The summed E-state index contributed by atoms with van der Waals surface area (Å²) in [6.45, 7) is 2.17. The van der Waals surface area contributed by atoms with Crippen LogP contribution in [0.25, 0.3) is 0 Å². The first-order valence-corrected chi connectivity index (χ1v) is 4.16. The normalized spacial score (nSPS) is 20.3. The van der Waals surface area contributed by atoms with Crippen LogP contribution < -0.4 is 4.74 Å². The van der Waals surface area contributed by atoms with Crippen LogP contribution in [0.3, 0.4) is 0 Å². The number of benzene rings is 1. The van der Waals surface area contributed by atoms with Crippen molar-refractivity contribution in [1.82, 2.24) is 0 Å². The Kier molecular flexibility index (Phi) is 1.77. The minimum absolute atomic E-state index is 0.0261. The van der Waals surface area contributed by atoms with Gasteiger partial charge >= 0.3 is 0 Å². The van der Waals surface area contributed by atoms with Gasteiger partial charge in [0.05, 0.1) is 6.61 Å². The molecule has 0 radical (unpaired) electrons. The molecule has 64 valence electrons. The Bertz CT molecular complexity index is 294. The molecule has 12 heavy (non-hydrogen) atoms. The number of rotatable bonds is 1. The summed E-state index contributed by atoms with van der Waals surface area (Å²) in [5, 5.41) is 8.88. The fourth-order valence-corrected chi connectivity index (χ4v) is 1.55. The summed E-state index contributed by atoms with van der Waals surface area (Å²) >= 11 is 0. The largest absolute Gasteiger partial charge is 0.487 e. The SMILES string of the molecule is Cc1ccc2c(c1)CC(CO)O2. The molecule has 1 aliphatic heterocycles. The molecule has 1 atom stereocenters. The van der Waals surface area contributed by atoms with E-state index in [0.717, 1.165) is 12.2 Å². The first-order valence-electron chi connectivity index (χ1n) is 4.16. The minimum Gasteiger partial charge on any atom is -0.487 e. The maximum absolute atomic E-state index is 8.88. The van der Waals surface area contributed by atoms with Gasteiger partial charge in [0.25, 0.3) is 0 Å². The van der Waals surface area contributed by atoms with Gasteiger partial charge in [-0.25, -0.2) is 0 Å². The molecule has 1 aliphatic rings. The number of aryl methyl sites for hydroxylation is 1. The lowest BCUT2D eigenvalue weighted by Gasteiger charge is -2.04. The predicted molar refractivity (Wildman–Crippen MR) is 46.4 cm³/mol. The molecular weight excluding hydrogens is 152 g/mol. The summed E-state index contributed by atoms with van der Waals surface area (Å²) in [7, 11) is 0. The van der Waals surface area contributed by atoms with Crippen LogP contribution in [0.4, 0.5) is 0 Å². The highest BCUT2D eigenvalue weighted by atomic mass is 16.5. The summed E-state index contributed by atoms with van der Waals surface area (Å²) in [5.41, 5.74) is 2.46. The van der Waals surface area contributed by atoms with E-state index in [0.29, 0.717) is 0 Å². The minimum atomic E-state index is -0.0261. The molecule has 0 spiro atoms. The summed E-state index contributed by atoms with van der Waals surface area (Å²) < 4.78 is 5.46. The van der Waals surface area contributed by atoms with Gasteiger partial charge in [0.1, 0.15) is 11.9 Å². The second-order valence-electron chi connectivity index (χ2n) is 3.24. The highest BCUT2D eigenvalue weighted by molar-refractivity contribution is 5.40. The smallest absolute Gasteiger partial charge is 0.126 e. The van der Waals surface area contributed by atoms with E-state index in [2.05, 4.69) is 13.0 Å². The summed E-state index contributed by atoms with van der Waals surface area (Å²) in [4.78, 5) is 0. The molecule has 0 saturated heterocycles. The van der Waals surface area contributed by atoms with E-state index in [9.17, 15) is 0 Å². The fourth-order valence-electron chi connectivity index (χ4n) is 1.55. The van der Waals surface area contributed by atoms with Crippen molar-refractivity contribution in [3.8, 4) is 5.75 Å². The molecule has 0 fully saturated rings. The van der Waals surface area contributed by atoms with E-state index in [4.69, 9.17) is 9.84 Å². The van der Waals surface area contributed by atoms with Gasteiger partial charge in [0.2, 0.25) is 0 Å². The average Bonchev–Trinajstić information content (AvgIpc) is 2.46. The molecule has 1 heterocycles. The van der Waals surface area contributed by atoms with E-state index in [1.54, 1.807) is 0 Å². The van der Waals surface area contributed by atoms with Crippen LogP contribution in [0, 0.1) is 6.92 Å². The van der Waals surface area contributed by atoms with Crippen LogP contribution in [0.1, 0.15) is 11.1 Å². The molecule has 2 heteroatoms. The van der Waals surface area contributed by atoms with Crippen molar-refractivity contribution in [3.05, 3.63) is 29.3 Å². The zero-order chi connectivity index (χ0) is 8.55. The van der Waals surface area contributed by atoms with Crippen molar-refractivity contribution in [2.24, 2.45) is 0 Å². The van der Waals surface area contributed by atoms with Crippen LogP contribution in [0.5, 0.6) is 5.75 Å². The quantitative estimate of drug-likeness (QED) is 0.677. The fraction of sp³-hybridized carbons (Fsp3) is 0.400. The van der Waals surface area contributed by atoms with Crippen LogP contribution in [-0.2, 0) is 6.42 Å². The van der Waals surface area contributed by atoms with Crippen LogP contribution in [-0.4, -0.2) is 17.8 Å². The van der Waals surface area contributed by atoms with Gasteiger partial charge in [-0.3, -0.25) is 0 Å². The van der Waals surface area contributed by atoms with Crippen LogP contribution in [0.2, 0.25) is 0 Å². The lowest BCUT2D eigenvalue weighted by atomic mass is 10.1. The Hall–Kier alpha value is -1.02. The highest BCUT2D eigenvalue weighted by Crippen LogP contribution is 2.28. The Labute approximate surface area is 71.8 Å². The van der Waals surface area contributed by atoms with Gasteiger partial charge in [0.15, 0.2) is 0 Å². The molecule has 1 unspecified atom stereocenters. The number of aliphatic hydroxyl groups is 1. The van der Waals surface area contributed by atoms with Gasteiger partial charge < -0.3 is 9.84 Å². The van der Waals surface area contributed by atoms with E-state index < -0.39 is 0 Å². The third kappa shape index (κ3) is 1.18. The Morgan fingerprint density at radius 3 is 3.17 bits per heavy atom. The summed E-state index contributed by atoms with van der Waals surface area (Å²) in [6, 6.07) is 6.11. The third-order valence-corrected chi connectivity index (χ3v) is 2.16. The van der Waals surface area contributed by atoms with E-state index in [-0.39, 0.29) is 12.7 Å². The first-order chi connectivity index (χ1) is 5.79. The molecule has 1 aromatic rings. The van der Waals surface area contributed by atoms with Crippen LogP contribution in [0.15, 0.2) is 18.2 Å². The Morgan fingerprint density at radius 1 is 1.58 bits per heavy atom. The molecule has 0 bridgehead atoms. The Morgan fingerprint density at radius 2 is 2.42 bits per heavy atom. The molecule has 0 aliphatic carbocycles. The van der Waals surface area contributed by atoms with Crippen molar-refractivity contribution in [3.63, 3.8) is 0 Å². The summed E-state index contributed by atoms with van der Waals surface area (Å²) in [6.07, 6.45) is 0.815. The number of aliphatic hydroxyl groups excluding tert-OH is 1. The molecule has 0 saturated carbocycles. The van der Waals surface area contributed by atoms with Gasteiger partial charge in [0, 0.05) is 6.42 Å². The topological polar surface area (TPSA) is 29.5 Å². The van der Waals surface area contributed by atoms with E-state index >= 15 is 0 Å². The number of ether oxygens (including phenoxy) is 1. The first kappa shape index (κ1) is 7.62. The lowest BCUT2D eigenvalue weighted by Crippen LogP contribution is -2.17. The average molecular weight is 164 g/mol. The monoisotopic (exact) mass is 164 g/mol. The number of hydrogen-bond donors (Lipinski definition) is 1. The van der Waals surface area contributed by atoms with Gasteiger partial charge in [-0.2, -0.15) is 0 Å². The molecule has 1 N–H and O–H groups in total. The maximum atomic E-state index is 8.88. The zero-order valence-corrected chi connectivity index (χ0v) is 7.08. The van der Waals surface area contributed by atoms with Crippen molar-refractivity contribution < 1.29 is 9.84 Å². The molecule has 1 aromatic carbocycles. The van der Waals surface area contributed by atoms with E-state index in [1.807, 2.05) is 12.1 Å². The molecule has 0 aromatic heterocycles. The van der Waals surface area contributed by atoms with Crippen molar-refractivity contribution >= 4 is 0 Å². The van der Waals surface area contributed by atoms with Gasteiger partial charge in [-0.15, -0.1) is 0 Å². The number of fused-ring (bicyclic) bond motifs is 1. The lowest BCUT2D eigenvalue weighted by molar-refractivity contribution is 0.134. The molecular formula is C10H12O2. The van der Waals surface area contributed by atoms with Gasteiger partial charge in [-0.05, 0) is 18.6 Å². The molecule has 0 amide bonds. The van der Waals surface area contributed by atoms with Crippen LogP contribution >= 0.6 is 0 Å². The van der Waals surface area contributed by atoms with E-state index in [1.165, 1.54) is 11.1 Å². The molecule has 2 rings (SSSR count). The summed E-state index contributed by atoms with van der Waals surface area (Å²) in [5.74, 6) is 0.930. The number of hydrogen-bond acceptors (Lipinski definition) is 2. The van der Waals surface area contributed by atoms with Gasteiger partial charge in [-0.1, -0.05) is 17.7 Å². The van der Waals surface area contributed by atoms with Crippen molar-refractivity contribution in [2.45, 2.75) is 19.4 Å². The second-order valence-corrected chi connectivity index (χ2v) is 3.24. The Balaban J connectivity index is 2.30. The second kappa shape index (κ2) is 2.79. The van der Waals surface area contributed by atoms with Crippen molar-refractivity contribution in [2.75, 3.05) is 6.61 Å².